The third-order valence-electron chi connectivity index (χ3n) is 2.56. The smallest absolute Gasteiger partial charge is 0.255 e. The van der Waals surface area contributed by atoms with Crippen molar-refractivity contribution in [3.63, 3.8) is 0 Å². The van der Waals surface area contributed by atoms with E-state index in [9.17, 15) is 9.18 Å². The predicted octanol–water partition coefficient (Wildman–Crippen LogP) is 2.72. The summed E-state index contributed by atoms with van der Waals surface area (Å²) in [7, 11) is 0. The lowest BCUT2D eigenvalue weighted by molar-refractivity contribution is 0.102. The van der Waals surface area contributed by atoms with Crippen molar-refractivity contribution in [2.75, 3.05) is 10.7 Å². The van der Waals surface area contributed by atoms with E-state index in [2.05, 4.69) is 15.7 Å². The van der Waals surface area contributed by atoms with Crippen LogP contribution >= 0.6 is 11.6 Å². The van der Waals surface area contributed by atoms with Crippen LogP contribution in [0, 0.1) is 12.7 Å². The van der Waals surface area contributed by atoms with Gasteiger partial charge in [-0.3, -0.25) is 4.79 Å². The van der Waals surface area contributed by atoms with Crippen LogP contribution in [0.5, 0.6) is 0 Å². The number of carbonyl (C=O) groups excluding carboxylic acids is 1. The number of aromatic nitrogens is 1. The number of hydrazine groups is 1. The minimum absolute atomic E-state index is 0.0594. The van der Waals surface area contributed by atoms with E-state index in [1.807, 2.05) is 0 Å². The molecule has 0 atom stereocenters. The first kappa shape index (κ1) is 14.2. The van der Waals surface area contributed by atoms with Gasteiger partial charge in [-0.25, -0.2) is 15.2 Å². The number of pyridine rings is 1. The van der Waals surface area contributed by atoms with Gasteiger partial charge >= 0.3 is 0 Å². The summed E-state index contributed by atoms with van der Waals surface area (Å²) in [6.07, 6.45) is 0. The van der Waals surface area contributed by atoms with Crippen molar-refractivity contribution in [1.29, 1.82) is 0 Å². The molecule has 20 heavy (non-hydrogen) atoms. The van der Waals surface area contributed by atoms with Gasteiger partial charge in [-0.1, -0.05) is 17.7 Å². The lowest BCUT2D eigenvalue weighted by Crippen LogP contribution is -2.16. The molecule has 0 spiro atoms. The molecule has 0 bridgehead atoms. The number of para-hydroxylation sites is 1. The average Bonchev–Trinajstić information content (AvgIpc) is 2.42. The molecular weight excluding hydrogens is 283 g/mol. The first-order valence-electron chi connectivity index (χ1n) is 5.72. The van der Waals surface area contributed by atoms with Crippen LogP contribution in [0.4, 0.5) is 15.9 Å². The highest BCUT2D eigenvalue weighted by molar-refractivity contribution is 6.34. The van der Waals surface area contributed by atoms with Crippen LogP contribution in [0.15, 0.2) is 30.3 Å². The number of nitrogens with one attached hydrogen (secondary N) is 2. The highest BCUT2D eigenvalue weighted by atomic mass is 35.5. The van der Waals surface area contributed by atoms with E-state index < -0.39 is 11.7 Å². The number of hydrogen-bond acceptors (Lipinski definition) is 4. The lowest BCUT2D eigenvalue weighted by atomic mass is 10.2. The van der Waals surface area contributed by atoms with Gasteiger partial charge in [0.15, 0.2) is 0 Å². The third-order valence-corrected chi connectivity index (χ3v) is 2.88. The Bertz CT molecular complexity index is 643. The van der Waals surface area contributed by atoms with Gasteiger partial charge in [0.1, 0.15) is 11.6 Å². The van der Waals surface area contributed by atoms with E-state index in [0.29, 0.717) is 17.1 Å². The number of benzene rings is 1. The molecule has 0 saturated carbocycles. The first-order chi connectivity index (χ1) is 9.51. The zero-order chi connectivity index (χ0) is 14.7. The number of halogens is 2. The van der Waals surface area contributed by atoms with Gasteiger partial charge in [0.05, 0.1) is 10.7 Å². The summed E-state index contributed by atoms with van der Waals surface area (Å²) in [6.45, 7) is 1.72. The average molecular weight is 295 g/mol. The van der Waals surface area contributed by atoms with Crippen molar-refractivity contribution in [2.45, 2.75) is 6.92 Å². The van der Waals surface area contributed by atoms with Gasteiger partial charge in [-0.15, -0.1) is 0 Å². The quantitative estimate of drug-likeness (QED) is 0.600. The molecule has 1 aromatic heterocycles. The van der Waals surface area contributed by atoms with E-state index in [1.54, 1.807) is 13.0 Å². The Morgan fingerprint density at radius 2 is 2.15 bits per heavy atom. The molecule has 2 rings (SSSR count). The van der Waals surface area contributed by atoms with Gasteiger partial charge in [0.2, 0.25) is 0 Å². The van der Waals surface area contributed by atoms with Crippen LogP contribution < -0.4 is 16.6 Å². The monoisotopic (exact) mass is 294 g/mol. The number of nitrogen functional groups attached to an aromatic ring is 1. The third kappa shape index (κ3) is 3.04. The molecule has 0 aliphatic carbocycles. The number of nitrogens with two attached hydrogens (primary N) is 1. The number of aryl methyl sites for hydroxylation is 1. The van der Waals surface area contributed by atoms with E-state index in [0.717, 1.165) is 0 Å². The van der Waals surface area contributed by atoms with Gasteiger partial charge in [-0.05, 0) is 31.2 Å². The Balaban J connectivity index is 2.31. The first-order valence-corrected chi connectivity index (χ1v) is 6.09. The number of amides is 1. The van der Waals surface area contributed by atoms with Crippen LogP contribution in [0.3, 0.4) is 0 Å². The molecule has 0 unspecified atom stereocenters. The number of carbonyl (C=O) groups is 1. The van der Waals surface area contributed by atoms with E-state index in [1.165, 1.54) is 24.3 Å². The Morgan fingerprint density at radius 1 is 1.40 bits per heavy atom. The van der Waals surface area contributed by atoms with Crippen LogP contribution in [0.25, 0.3) is 0 Å². The maximum absolute atomic E-state index is 13.6. The van der Waals surface area contributed by atoms with Crippen LogP contribution in [0.2, 0.25) is 5.02 Å². The summed E-state index contributed by atoms with van der Waals surface area (Å²) in [6, 6.07) is 7.18. The largest absolute Gasteiger partial charge is 0.318 e. The minimum Gasteiger partial charge on any atom is -0.318 e. The zero-order valence-electron chi connectivity index (χ0n) is 10.6. The van der Waals surface area contributed by atoms with Crippen LogP contribution in [-0.2, 0) is 0 Å². The van der Waals surface area contributed by atoms with Gasteiger partial charge in [0.25, 0.3) is 5.91 Å². The van der Waals surface area contributed by atoms with E-state index in [-0.39, 0.29) is 10.7 Å². The highest BCUT2D eigenvalue weighted by Crippen LogP contribution is 2.25. The Morgan fingerprint density at radius 3 is 2.80 bits per heavy atom. The van der Waals surface area contributed by atoms with Gasteiger partial charge in [-0.2, -0.15) is 0 Å². The molecule has 7 heteroatoms. The van der Waals surface area contributed by atoms with E-state index >= 15 is 0 Å². The molecule has 0 aliphatic rings. The fourth-order valence-corrected chi connectivity index (χ4v) is 1.89. The topological polar surface area (TPSA) is 80.0 Å². The van der Waals surface area contributed by atoms with Crippen molar-refractivity contribution in [3.8, 4) is 0 Å². The van der Waals surface area contributed by atoms with Gasteiger partial charge < -0.3 is 10.7 Å². The molecule has 104 valence electrons. The summed E-state index contributed by atoms with van der Waals surface area (Å²) in [5.41, 5.74) is 3.20. The fraction of sp³-hybridized carbons (Fsp3) is 0.0769. The second-order valence-electron chi connectivity index (χ2n) is 4.08. The maximum atomic E-state index is 13.6. The molecule has 2 aromatic rings. The second kappa shape index (κ2) is 5.85. The maximum Gasteiger partial charge on any atom is 0.255 e. The van der Waals surface area contributed by atoms with Crippen molar-refractivity contribution >= 4 is 29.0 Å². The Kier molecular flexibility index (Phi) is 4.16. The minimum atomic E-state index is -0.603. The summed E-state index contributed by atoms with van der Waals surface area (Å²) < 4.78 is 13.6. The SMILES string of the molecule is Cc1cc(C(=O)Nc2c(F)cccc2Cl)cc(NN)n1. The highest BCUT2D eigenvalue weighted by Gasteiger charge is 2.13. The molecule has 1 heterocycles. The molecule has 0 radical (unpaired) electrons. The standard InChI is InChI=1S/C13H12ClFN4O/c1-7-5-8(6-11(17-7)19-16)13(20)18-12-9(14)3-2-4-10(12)15/h2-6H,16H2,1H3,(H,17,19)(H,18,20). The molecule has 5 nitrogen and oxygen atoms in total. The van der Waals surface area contributed by atoms with E-state index in [4.69, 9.17) is 17.4 Å². The summed E-state index contributed by atoms with van der Waals surface area (Å²) in [5, 5.41) is 2.56. The molecule has 0 saturated heterocycles. The molecule has 0 fully saturated rings. The van der Waals surface area contributed by atoms with Crippen molar-refractivity contribution in [3.05, 3.63) is 52.4 Å². The molecule has 0 aliphatic heterocycles. The number of hydrogen-bond donors (Lipinski definition) is 3. The molecule has 1 amide bonds. The second-order valence-corrected chi connectivity index (χ2v) is 4.48. The Hall–Kier alpha value is -2.18. The molecule has 4 N–H and O–H groups in total. The predicted molar refractivity (Wildman–Crippen MR) is 76.1 cm³/mol. The van der Waals surface area contributed by atoms with Crippen LogP contribution in [-0.4, -0.2) is 10.9 Å². The summed E-state index contributed by atoms with van der Waals surface area (Å²) in [4.78, 5) is 16.2. The Labute approximate surface area is 119 Å². The van der Waals surface area contributed by atoms with Crippen LogP contribution in [0.1, 0.15) is 16.1 Å². The van der Waals surface area contributed by atoms with Crippen molar-refractivity contribution in [2.24, 2.45) is 5.84 Å². The molecule has 1 aromatic carbocycles. The zero-order valence-corrected chi connectivity index (χ0v) is 11.3. The molecular formula is C13H12ClFN4O. The number of nitrogens with zero attached hydrogens (tertiary/aromatic N) is 1. The lowest BCUT2D eigenvalue weighted by Gasteiger charge is -2.09. The van der Waals surface area contributed by atoms with Crippen molar-refractivity contribution < 1.29 is 9.18 Å². The number of rotatable bonds is 3. The fourth-order valence-electron chi connectivity index (χ4n) is 1.68. The normalized spacial score (nSPS) is 10.2. The number of anilines is 2. The summed E-state index contributed by atoms with van der Waals surface area (Å²) >= 11 is 5.85. The van der Waals surface area contributed by atoms with Gasteiger partial charge in [0, 0.05) is 11.3 Å². The van der Waals surface area contributed by atoms with Crippen molar-refractivity contribution in [1.82, 2.24) is 4.98 Å². The summed E-state index contributed by atoms with van der Waals surface area (Å²) in [5.74, 6) is 4.50.